The Bertz CT molecular complexity index is 859. The summed E-state index contributed by atoms with van der Waals surface area (Å²) in [5, 5.41) is 2.63. The fraction of sp³-hybridized carbons (Fsp3) is 0.409. The third kappa shape index (κ3) is 3.78. The number of nitrogens with zero attached hydrogens (tertiary/aromatic N) is 1. The summed E-state index contributed by atoms with van der Waals surface area (Å²) in [6, 6.07) is 7.96. The lowest BCUT2D eigenvalue weighted by Crippen LogP contribution is -2.40. The number of rotatable bonds is 6. The number of nitrogens with one attached hydrogen (secondary N) is 1. The van der Waals surface area contributed by atoms with E-state index in [0.717, 1.165) is 36.6 Å². The van der Waals surface area contributed by atoms with Crippen molar-refractivity contribution in [3.05, 3.63) is 52.4 Å². The van der Waals surface area contributed by atoms with E-state index in [1.807, 2.05) is 24.3 Å². The van der Waals surface area contributed by atoms with E-state index in [1.54, 1.807) is 6.08 Å². The summed E-state index contributed by atoms with van der Waals surface area (Å²) in [4.78, 5) is 38.8. The number of imide groups is 1. The first-order chi connectivity index (χ1) is 13.5. The first-order valence-corrected chi connectivity index (χ1v) is 10.7. The molecule has 28 heavy (non-hydrogen) atoms. The Labute approximate surface area is 169 Å². The molecule has 0 aromatic heterocycles. The molecule has 1 aromatic carbocycles. The molecule has 0 unspecified atom stereocenters. The average molecular weight is 397 g/mol. The topological polar surface area (TPSA) is 66.5 Å². The molecule has 4 rings (SSSR count). The molecule has 5 nitrogen and oxygen atoms in total. The van der Waals surface area contributed by atoms with Crippen molar-refractivity contribution in [1.82, 2.24) is 10.2 Å². The first kappa shape index (κ1) is 19.0. The molecule has 3 amide bonds. The van der Waals surface area contributed by atoms with Gasteiger partial charge in [0.2, 0.25) is 5.91 Å². The van der Waals surface area contributed by atoms with E-state index >= 15 is 0 Å². The summed E-state index contributed by atoms with van der Waals surface area (Å²) in [5.41, 5.74) is 2.13. The van der Waals surface area contributed by atoms with E-state index in [2.05, 4.69) is 24.4 Å². The molecule has 1 aliphatic heterocycles. The molecule has 146 valence electrons. The Morgan fingerprint density at radius 1 is 1.21 bits per heavy atom. The van der Waals surface area contributed by atoms with Gasteiger partial charge in [-0.2, -0.15) is 0 Å². The number of thioether (sulfide) groups is 1. The summed E-state index contributed by atoms with van der Waals surface area (Å²) in [5.74, 6) is 0.681. The van der Waals surface area contributed by atoms with Crippen LogP contribution in [0, 0.1) is 17.8 Å². The third-order valence-electron chi connectivity index (χ3n) is 5.81. The standard InChI is InChI=1S/C22H24N2O3S/c1-2-14-3-5-15(6-4-14)13-19-21(26)24(22(27)28-19)10-9-23-20(25)18-12-16-7-8-17(18)11-16/h3-8,13,16-18H,2,9-12H2,1H3,(H,23,25)/b19-13-/t16-,17+,18-/m0/s1. The SMILES string of the molecule is CCc1ccc(/C=C2\SC(=O)N(CCNC(=O)[C@H]3C[C@H]4C=C[C@@H]3C4)C2=O)cc1. The van der Waals surface area contributed by atoms with E-state index in [-0.39, 0.29) is 29.5 Å². The summed E-state index contributed by atoms with van der Waals surface area (Å²) in [7, 11) is 0. The zero-order chi connectivity index (χ0) is 19.7. The fourth-order valence-electron chi connectivity index (χ4n) is 4.20. The Balaban J connectivity index is 1.32. The van der Waals surface area contributed by atoms with Crippen LogP contribution in [0.4, 0.5) is 4.79 Å². The van der Waals surface area contributed by atoms with E-state index in [0.29, 0.717) is 23.3 Å². The highest BCUT2D eigenvalue weighted by molar-refractivity contribution is 8.18. The van der Waals surface area contributed by atoms with Crippen molar-refractivity contribution in [1.29, 1.82) is 0 Å². The Kier molecular flexibility index (Phi) is 5.40. The second-order valence-corrected chi connectivity index (χ2v) is 8.60. The van der Waals surface area contributed by atoms with Gasteiger partial charge in [-0.15, -0.1) is 0 Å². The van der Waals surface area contributed by atoms with Gasteiger partial charge in [-0.05, 0) is 60.1 Å². The normalized spacial score (nSPS) is 27.2. The van der Waals surface area contributed by atoms with E-state index in [4.69, 9.17) is 0 Å². The van der Waals surface area contributed by atoms with Gasteiger partial charge in [0.05, 0.1) is 4.91 Å². The molecule has 2 aliphatic carbocycles. The Hall–Kier alpha value is -2.34. The largest absolute Gasteiger partial charge is 0.354 e. The molecule has 3 aliphatic rings. The smallest absolute Gasteiger partial charge is 0.293 e. The van der Waals surface area contributed by atoms with Gasteiger partial charge in [-0.1, -0.05) is 43.3 Å². The van der Waals surface area contributed by atoms with Crippen LogP contribution in [-0.4, -0.2) is 35.0 Å². The summed E-state index contributed by atoms with van der Waals surface area (Å²) < 4.78 is 0. The lowest BCUT2D eigenvalue weighted by Gasteiger charge is -2.19. The second kappa shape index (κ2) is 7.95. The highest BCUT2D eigenvalue weighted by Crippen LogP contribution is 2.43. The van der Waals surface area contributed by atoms with Crippen molar-refractivity contribution in [2.45, 2.75) is 26.2 Å². The van der Waals surface area contributed by atoms with Crippen LogP contribution in [0.1, 0.15) is 30.9 Å². The minimum absolute atomic E-state index is 0.0374. The van der Waals surface area contributed by atoms with Gasteiger partial charge in [-0.25, -0.2) is 0 Å². The van der Waals surface area contributed by atoms with Gasteiger partial charge < -0.3 is 5.32 Å². The van der Waals surface area contributed by atoms with Crippen LogP contribution < -0.4 is 5.32 Å². The Morgan fingerprint density at radius 2 is 2.00 bits per heavy atom. The maximum Gasteiger partial charge on any atom is 0.293 e. The third-order valence-corrected chi connectivity index (χ3v) is 6.72. The number of hydrogen-bond donors (Lipinski definition) is 1. The quantitative estimate of drug-likeness (QED) is 0.589. The molecule has 1 N–H and O–H groups in total. The number of hydrogen-bond acceptors (Lipinski definition) is 4. The molecule has 2 fully saturated rings. The molecule has 0 spiro atoms. The number of allylic oxidation sites excluding steroid dienone is 2. The first-order valence-electron chi connectivity index (χ1n) is 9.85. The summed E-state index contributed by atoms with van der Waals surface area (Å²) in [6.45, 7) is 2.60. The monoisotopic (exact) mass is 396 g/mol. The highest BCUT2D eigenvalue weighted by atomic mass is 32.2. The van der Waals surface area contributed by atoms with E-state index in [9.17, 15) is 14.4 Å². The van der Waals surface area contributed by atoms with Crippen molar-refractivity contribution in [3.63, 3.8) is 0 Å². The van der Waals surface area contributed by atoms with Crippen LogP contribution in [0.15, 0.2) is 41.3 Å². The molecular formula is C22H24N2O3S. The fourth-order valence-corrected chi connectivity index (χ4v) is 5.06. The number of carbonyl (C=O) groups excluding carboxylic acids is 3. The van der Waals surface area contributed by atoms with Gasteiger partial charge in [0.15, 0.2) is 0 Å². The van der Waals surface area contributed by atoms with Crippen LogP contribution in [0.25, 0.3) is 6.08 Å². The number of fused-ring (bicyclic) bond motifs is 2. The maximum absolute atomic E-state index is 12.6. The van der Waals surface area contributed by atoms with Gasteiger partial charge in [0.25, 0.3) is 11.1 Å². The van der Waals surface area contributed by atoms with Crippen molar-refractivity contribution in [3.8, 4) is 0 Å². The molecule has 0 radical (unpaired) electrons. The number of carbonyl (C=O) groups is 3. The van der Waals surface area contributed by atoms with Crippen LogP contribution in [-0.2, 0) is 16.0 Å². The average Bonchev–Trinajstić information content (AvgIpc) is 3.40. The zero-order valence-corrected chi connectivity index (χ0v) is 16.7. The molecule has 2 bridgehead atoms. The molecule has 1 heterocycles. The predicted octanol–water partition coefficient (Wildman–Crippen LogP) is 3.61. The predicted molar refractivity (Wildman–Crippen MR) is 110 cm³/mol. The molecule has 1 saturated carbocycles. The van der Waals surface area contributed by atoms with Gasteiger partial charge >= 0.3 is 0 Å². The summed E-state index contributed by atoms with van der Waals surface area (Å²) >= 11 is 0.957. The lowest BCUT2D eigenvalue weighted by atomic mass is 9.93. The van der Waals surface area contributed by atoms with Crippen molar-refractivity contribution in [2.75, 3.05) is 13.1 Å². The van der Waals surface area contributed by atoms with Crippen molar-refractivity contribution >= 4 is 34.9 Å². The van der Waals surface area contributed by atoms with Crippen LogP contribution >= 0.6 is 11.8 Å². The number of amides is 3. The van der Waals surface area contributed by atoms with Gasteiger partial charge in [-0.3, -0.25) is 19.3 Å². The van der Waals surface area contributed by atoms with Crippen LogP contribution in [0.2, 0.25) is 0 Å². The van der Waals surface area contributed by atoms with Gasteiger partial charge in [0, 0.05) is 19.0 Å². The number of benzene rings is 1. The van der Waals surface area contributed by atoms with Crippen LogP contribution in [0.3, 0.4) is 0 Å². The lowest BCUT2D eigenvalue weighted by molar-refractivity contribution is -0.127. The second-order valence-electron chi connectivity index (χ2n) is 7.61. The number of aryl methyl sites for hydroxylation is 1. The highest BCUT2D eigenvalue weighted by Gasteiger charge is 2.40. The molecular weight excluding hydrogens is 372 g/mol. The zero-order valence-electron chi connectivity index (χ0n) is 15.9. The van der Waals surface area contributed by atoms with Crippen molar-refractivity contribution < 1.29 is 14.4 Å². The maximum atomic E-state index is 12.6. The van der Waals surface area contributed by atoms with E-state index < -0.39 is 0 Å². The Morgan fingerprint density at radius 3 is 2.64 bits per heavy atom. The van der Waals surface area contributed by atoms with Crippen LogP contribution in [0.5, 0.6) is 0 Å². The van der Waals surface area contributed by atoms with E-state index in [1.165, 1.54) is 10.5 Å². The molecule has 1 saturated heterocycles. The molecule has 1 aromatic rings. The minimum atomic E-state index is -0.285. The summed E-state index contributed by atoms with van der Waals surface area (Å²) in [6.07, 6.45) is 9.05. The van der Waals surface area contributed by atoms with Crippen molar-refractivity contribution in [2.24, 2.45) is 17.8 Å². The molecule has 6 heteroatoms. The minimum Gasteiger partial charge on any atom is -0.354 e. The molecule has 3 atom stereocenters. The van der Waals surface area contributed by atoms with Gasteiger partial charge in [0.1, 0.15) is 0 Å².